The predicted molar refractivity (Wildman–Crippen MR) is 89.9 cm³/mol. The van der Waals surface area contributed by atoms with E-state index in [9.17, 15) is 9.90 Å². The topological polar surface area (TPSA) is 83.0 Å². The van der Waals surface area contributed by atoms with Gasteiger partial charge in [0.2, 0.25) is 0 Å². The van der Waals surface area contributed by atoms with Crippen LogP contribution in [0.2, 0.25) is 0 Å². The third-order valence-electron chi connectivity index (χ3n) is 3.18. The van der Waals surface area contributed by atoms with E-state index >= 15 is 0 Å². The summed E-state index contributed by atoms with van der Waals surface area (Å²) in [5.74, 6) is 0.572. The molecule has 0 saturated carbocycles. The number of aromatic hydroxyl groups is 1. The molecular formula is C17H19N3O3. The van der Waals surface area contributed by atoms with Crippen LogP contribution < -0.4 is 15.5 Å². The number of carbonyl (C=O) groups is 1. The standard InChI is InChI=1S/C17H19N3O3/c1-12(19-14-7-9-15(23-2)10-8-14)17(22)20-18-11-13-5-3-4-6-16(13)21/h3-12,19,21H,1-2H3,(H,20,22)/b18-11-/t12-/m0/s1. The molecule has 120 valence electrons. The Morgan fingerprint density at radius 3 is 2.57 bits per heavy atom. The number of rotatable bonds is 6. The quantitative estimate of drug-likeness (QED) is 0.565. The molecule has 0 aliphatic rings. The van der Waals surface area contributed by atoms with E-state index < -0.39 is 6.04 Å². The Bertz CT molecular complexity index is 684. The number of benzene rings is 2. The largest absolute Gasteiger partial charge is 0.507 e. The summed E-state index contributed by atoms with van der Waals surface area (Å²) in [5, 5.41) is 16.5. The molecule has 0 saturated heterocycles. The fraction of sp³-hybridized carbons (Fsp3) is 0.176. The Kier molecular flexibility index (Phi) is 5.57. The number of methoxy groups -OCH3 is 1. The summed E-state index contributed by atoms with van der Waals surface area (Å²) in [6, 6.07) is 13.5. The molecule has 0 unspecified atom stereocenters. The van der Waals surface area contributed by atoms with Crippen molar-refractivity contribution < 1.29 is 14.6 Å². The monoisotopic (exact) mass is 313 g/mol. The summed E-state index contributed by atoms with van der Waals surface area (Å²) < 4.78 is 5.08. The van der Waals surface area contributed by atoms with Crippen LogP contribution in [-0.2, 0) is 4.79 Å². The molecule has 0 bridgehead atoms. The first-order valence-electron chi connectivity index (χ1n) is 7.11. The Labute approximate surface area is 134 Å². The van der Waals surface area contributed by atoms with Gasteiger partial charge >= 0.3 is 0 Å². The molecule has 1 amide bonds. The van der Waals surface area contributed by atoms with Crippen LogP contribution in [-0.4, -0.2) is 30.4 Å². The van der Waals surface area contributed by atoms with Gasteiger partial charge in [-0.3, -0.25) is 4.79 Å². The molecule has 0 fully saturated rings. The molecule has 6 nitrogen and oxygen atoms in total. The van der Waals surface area contributed by atoms with E-state index in [1.807, 2.05) is 24.3 Å². The van der Waals surface area contributed by atoms with Gasteiger partial charge in [-0.1, -0.05) is 12.1 Å². The van der Waals surface area contributed by atoms with Crippen LogP contribution in [0.4, 0.5) is 5.69 Å². The second-order valence-corrected chi connectivity index (χ2v) is 4.89. The van der Waals surface area contributed by atoms with E-state index in [0.717, 1.165) is 11.4 Å². The molecule has 0 aliphatic carbocycles. The van der Waals surface area contributed by atoms with E-state index in [1.54, 1.807) is 38.3 Å². The second-order valence-electron chi connectivity index (χ2n) is 4.89. The molecule has 1 atom stereocenters. The summed E-state index contributed by atoms with van der Waals surface area (Å²) in [5.41, 5.74) is 3.77. The second kappa shape index (κ2) is 7.84. The van der Waals surface area contributed by atoms with Crippen molar-refractivity contribution in [1.29, 1.82) is 0 Å². The summed E-state index contributed by atoms with van der Waals surface area (Å²) in [6.07, 6.45) is 1.40. The van der Waals surface area contributed by atoms with Gasteiger partial charge in [-0.2, -0.15) is 5.10 Å². The van der Waals surface area contributed by atoms with Crippen LogP contribution in [0.1, 0.15) is 12.5 Å². The molecule has 0 radical (unpaired) electrons. The van der Waals surface area contributed by atoms with Crippen molar-refractivity contribution in [1.82, 2.24) is 5.43 Å². The smallest absolute Gasteiger partial charge is 0.262 e. The first-order chi connectivity index (χ1) is 11.1. The molecule has 2 rings (SSSR count). The number of para-hydroxylation sites is 1. The maximum absolute atomic E-state index is 12.0. The SMILES string of the molecule is COc1ccc(N[C@@H](C)C(=O)N/N=C\c2ccccc2O)cc1. The third kappa shape index (κ3) is 4.74. The summed E-state index contributed by atoms with van der Waals surface area (Å²) >= 11 is 0. The van der Waals surface area contributed by atoms with Crippen LogP contribution in [0.15, 0.2) is 53.6 Å². The highest BCUT2D eigenvalue weighted by Gasteiger charge is 2.11. The van der Waals surface area contributed by atoms with Gasteiger partial charge in [-0.05, 0) is 43.3 Å². The summed E-state index contributed by atoms with van der Waals surface area (Å²) in [6.45, 7) is 1.73. The van der Waals surface area contributed by atoms with Crippen molar-refractivity contribution in [3.05, 3.63) is 54.1 Å². The molecule has 0 spiro atoms. The van der Waals surface area contributed by atoms with Gasteiger partial charge in [-0.15, -0.1) is 0 Å². The van der Waals surface area contributed by atoms with Crippen molar-refractivity contribution in [2.24, 2.45) is 5.10 Å². The number of hydrogen-bond acceptors (Lipinski definition) is 5. The fourth-order valence-electron chi connectivity index (χ4n) is 1.86. The van der Waals surface area contributed by atoms with E-state index in [-0.39, 0.29) is 11.7 Å². The van der Waals surface area contributed by atoms with Gasteiger partial charge in [0, 0.05) is 11.3 Å². The highest BCUT2D eigenvalue weighted by molar-refractivity contribution is 5.87. The van der Waals surface area contributed by atoms with Crippen LogP contribution in [0.25, 0.3) is 0 Å². The number of hydrazone groups is 1. The van der Waals surface area contributed by atoms with E-state index in [1.165, 1.54) is 6.21 Å². The predicted octanol–water partition coefficient (Wildman–Crippen LogP) is 2.35. The van der Waals surface area contributed by atoms with Crippen LogP contribution in [0.5, 0.6) is 11.5 Å². The number of amides is 1. The number of hydrogen-bond donors (Lipinski definition) is 3. The van der Waals surface area contributed by atoms with Crippen molar-refractivity contribution in [3.63, 3.8) is 0 Å². The zero-order valence-electron chi connectivity index (χ0n) is 13.0. The zero-order valence-corrected chi connectivity index (χ0v) is 13.0. The lowest BCUT2D eigenvalue weighted by Crippen LogP contribution is -2.34. The average molecular weight is 313 g/mol. The van der Waals surface area contributed by atoms with Crippen LogP contribution >= 0.6 is 0 Å². The van der Waals surface area contributed by atoms with Crippen molar-refractivity contribution in [3.8, 4) is 11.5 Å². The van der Waals surface area contributed by atoms with E-state index in [2.05, 4.69) is 15.8 Å². The third-order valence-corrected chi connectivity index (χ3v) is 3.18. The number of nitrogens with zero attached hydrogens (tertiary/aromatic N) is 1. The van der Waals surface area contributed by atoms with Crippen molar-refractivity contribution >= 4 is 17.8 Å². The first kappa shape index (κ1) is 16.4. The van der Waals surface area contributed by atoms with Gasteiger partial charge in [-0.25, -0.2) is 5.43 Å². The minimum Gasteiger partial charge on any atom is -0.507 e. The molecule has 0 heterocycles. The average Bonchev–Trinajstić information content (AvgIpc) is 2.57. The normalized spacial score (nSPS) is 11.9. The van der Waals surface area contributed by atoms with Crippen LogP contribution in [0, 0.1) is 0 Å². The number of carbonyl (C=O) groups excluding carboxylic acids is 1. The Balaban J connectivity index is 1.88. The molecule has 23 heavy (non-hydrogen) atoms. The van der Waals surface area contributed by atoms with E-state index in [4.69, 9.17) is 4.74 Å². The highest BCUT2D eigenvalue weighted by Crippen LogP contribution is 2.16. The number of phenolic OH excluding ortho intramolecular Hbond substituents is 1. The van der Waals surface area contributed by atoms with E-state index in [0.29, 0.717) is 5.56 Å². The van der Waals surface area contributed by atoms with Gasteiger partial charge < -0.3 is 15.2 Å². The number of nitrogens with one attached hydrogen (secondary N) is 2. The maximum atomic E-state index is 12.0. The van der Waals surface area contributed by atoms with Crippen molar-refractivity contribution in [2.45, 2.75) is 13.0 Å². The lowest BCUT2D eigenvalue weighted by Gasteiger charge is -2.13. The number of ether oxygens (including phenoxy) is 1. The minimum absolute atomic E-state index is 0.106. The molecule has 3 N–H and O–H groups in total. The Morgan fingerprint density at radius 1 is 1.22 bits per heavy atom. The maximum Gasteiger partial charge on any atom is 0.262 e. The molecule has 0 aliphatic heterocycles. The van der Waals surface area contributed by atoms with Crippen LogP contribution in [0.3, 0.4) is 0 Å². The first-order valence-corrected chi connectivity index (χ1v) is 7.11. The van der Waals surface area contributed by atoms with Crippen molar-refractivity contribution in [2.75, 3.05) is 12.4 Å². The van der Waals surface area contributed by atoms with Gasteiger partial charge in [0.1, 0.15) is 17.5 Å². The number of phenols is 1. The molecule has 6 heteroatoms. The highest BCUT2D eigenvalue weighted by atomic mass is 16.5. The van der Waals surface area contributed by atoms with Gasteiger partial charge in [0.25, 0.3) is 5.91 Å². The molecule has 2 aromatic carbocycles. The molecule has 2 aromatic rings. The lowest BCUT2D eigenvalue weighted by atomic mass is 10.2. The minimum atomic E-state index is -0.468. The Hall–Kier alpha value is -3.02. The Morgan fingerprint density at radius 2 is 1.91 bits per heavy atom. The zero-order chi connectivity index (χ0) is 16.7. The summed E-state index contributed by atoms with van der Waals surface area (Å²) in [7, 11) is 1.60. The number of anilines is 1. The fourth-order valence-corrected chi connectivity index (χ4v) is 1.86. The van der Waals surface area contributed by atoms with Gasteiger partial charge in [0.15, 0.2) is 0 Å². The molecule has 0 aromatic heterocycles. The van der Waals surface area contributed by atoms with Gasteiger partial charge in [0.05, 0.1) is 13.3 Å². The summed E-state index contributed by atoms with van der Waals surface area (Å²) in [4.78, 5) is 12.0. The molecular weight excluding hydrogens is 294 g/mol. The lowest BCUT2D eigenvalue weighted by molar-refractivity contribution is -0.121.